The highest BCUT2D eigenvalue weighted by molar-refractivity contribution is 7.92. The van der Waals surface area contributed by atoms with Crippen molar-refractivity contribution in [2.24, 2.45) is 0 Å². The molecule has 1 aliphatic rings. The van der Waals surface area contributed by atoms with Crippen LogP contribution in [0.3, 0.4) is 0 Å². The highest BCUT2D eigenvalue weighted by Crippen LogP contribution is 2.31. The van der Waals surface area contributed by atoms with E-state index in [4.69, 9.17) is 11.6 Å². The van der Waals surface area contributed by atoms with Gasteiger partial charge in [0.05, 0.1) is 22.6 Å². The zero-order chi connectivity index (χ0) is 19.2. The van der Waals surface area contributed by atoms with Crippen LogP contribution in [-0.2, 0) is 16.4 Å². The van der Waals surface area contributed by atoms with Crippen molar-refractivity contribution in [3.63, 3.8) is 0 Å². The summed E-state index contributed by atoms with van der Waals surface area (Å²) in [6.07, 6.45) is 4.16. The van der Waals surface area contributed by atoms with Gasteiger partial charge >= 0.3 is 0 Å². The van der Waals surface area contributed by atoms with Crippen LogP contribution in [0.15, 0.2) is 52.4 Å². The number of H-pyrrole nitrogens is 1. The Bertz CT molecular complexity index is 1180. The van der Waals surface area contributed by atoms with E-state index in [0.29, 0.717) is 29.2 Å². The van der Waals surface area contributed by atoms with Gasteiger partial charge in [-0.1, -0.05) is 23.7 Å². The number of anilines is 1. The van der Waals surface area contributed by atoms with E-state index in [1.807, 2.05) is 0 Å². The predicted molar refractivity (Wildman–Crippen MR) is 103 cm³/mol. The van der Waals surface area contributed by atoms with E-state index < -0.39 is 15.6 Å². The first-order valence-corrected chi connectivity index (χ1v) is 10.3. The number of halogens is 1. The van der Waals surface area contributed by atoms with Crippen molar-refractivity contribution < 1.29 is 8.42 Å². The maximum Gasteiger partial charge on any atom is 0.272 e. The molecule has 0 spiro atoms. The van der Waals surface area contributed by atoms with Crippen LogP contribution >= 0.6 is 11.6 Å². The molecule has 0 fully saturated rings. The Labute approximate surface area is 161 Å². The van der Waals surface area contributed by atoms with E-state index in [1.54, 1.807) is 37.3 Å². The van der Waals surface area contributed by atoms with E-state index in [9.17, 15) is 13.2 Å². The molecular weight excluding hydrogens is 388 g/mol. The maximum atomic E-state index is 13.3. The Morgan fingerprint density at radius 1 is 1.22 bits per heavy atom. The van der Waals surface area contributed by atoms with Gasteiger partial charge in [-0.3, -0.25) is 9.10 Å². The third-order valence-electron chi connectivity index (χ3n) is 4.69. The Kier molecular flexibility index (Phi) is 4.32. The zero-order valence-electron chi connectivity index (χ0n) is 14.5. The summed E-state index contributed by atoms with van der Waals surface area (Å²) < 4.78 is 29.4. The normalized spacial score (nSPS) is 14.2. The van der Waals surface area contributed by atoms with Gasteiger partial charge in [-0.25, -0.2) is 13.1 Å². The molecule has 0 atom stereocenters. The topological polar surface area (TPSA) is 88.1 Å². The predicted octanol–water partition coefficient (Wildman–Crippen LogP) is 2.66. The first-order chi connectivity index (χ1) is 12.9. The number of aromatic nitrogens is 3. The van der Waals surface area contributed by atoms with Crippen molar-refractivity contribution >= 4 is 27.3 Å². The van der Waals surface area contributed by atoms with Gasteiger partial charge in [0.1, 0.15) is 10.6 Å². The molecule has 3 aromatic rings. The largest absolute Gasteiger partial charge is 0.327 e. The van der Waals surface area contributed by atoms with E-state index in [1.165, 1.54) is 21.4 Å². The number of para-hydroxylation sites is 1. The lowest BCUT2D eigenvalue weighted by molar-refractivity contribution is 0.585. The van der Waals surface area contributed by atoms with Crippen LogP contribution in [0, 0.1) is 6.92 Å². The number of fused-ring (bicyclic) bond motifs is 1. The molecule has 1 aliphatic heterocycles. The van der Waals surface area contributed by atoms with E-state index in [0.717, 1.165) is 5.56 Å². The molecule has 0 amide bonds. The monoisotopic (exact) mass is 404 g/mol. The molecular formula is C18H17ClN4O3S. The molecule has 0 saturated heterocycles. The molecule has 3 heterocycles. The van der Waals surface area contributed by atoms with E-state index in [2.05, 4.69) is 10.1 Å². The van der Waals surface area contributed by atoms with Crippen LogP contribution in [0.1, 0.15) is 17.7 Å². The molecule has 0 saturated carbocycles. The highest BCUT2D eigenvalue weighted by Gasteiger charge is 2.34. The van der Waals surface area contributed by atoms with Crippen LogP contribution in [-0.4, -0.2) is 29.7 Å². The molecule has 7 nitrogen and oxygen atoms in total. The Balaban J connectivity index is 1.84. The third-order valence-corrected chi connectivity index (χ3v) is 6.91. The summed E-state index contributed by atoms with van der Waals surface area (Å²) >= 11 is 6.22. The number of sulfonamides is 1. The molecule has 1 aromatic carbocycles. The van der Waals surface area contributed by atoms with E-state index >= 15 is 0 Å². The van der Waals surface area contributed by atoms with E-state index in [-0.39, 0.29) is 17.1 Å². The first-order valence-electron chi connectivity index (χ1n) is 8.44. The van der Waals surface area contributed by atoms with Crippen molar-refractivity contribution in [3.8, 4) is 5.69 Å². The van der Waals surface area contributed by atoms with Gasteiger partial charge in [-0.2, -0.15) is 5.10 Å². The van der Waals surface area contributed by atoms with Crippen LogP contribution in [0.25, 0.3) is 5.69 Å². The van der Waals surface area contributed by atoms with Gasteiger partial charge in [0.15, 0.2) is 0 Å². The van der Waals surface area contributed by atoms with Crippen LogP contribution in [0.5, 0.6) is 0 Å². The minimum atomic E-state index is -3.94. The maximum absolute atomic E-state index is 13.3. The van der Waals surface area contributed by atoms with Gasteiger partial charge in [0, 0.05) is 12.7 Å². The second kappa shape index (κ2) is 6.54. The molecule has 27 heavy (non-hydrogen) atoms. The van der Waals surface area contributed by atoms with Gasteiger partial charge in [-0.15, -0.1) is 0 Å². The number of nitrogens with one attached hydrogen (secondary N) is 1. The molecule has 0 radical (unpaired) electrons. The molecule has 2 aromatic heterocycles. The average molecular weight is 405 g/mol. The number of aryl methyl sites for hydroxylation is 1. The lowest BCUT2D eigenvalue weighted by Crippen LogP contribution is -2.39. The second-order valence-corrected chi connectivity index (χ2v) is 8.56. The van der Waals surface area contributed by atoms with Gasteiger partial charge < -0.3 is 4.98 Å². The Morgan fingerprint density at radius 2 is 2.00 bits per heavy atom. The van der Waals surface area contributed by atoms with Crippen molar-refractivity contribution in [1.29, 1.82) is 0 Å². The lowest BCUT2D eigenvalue weighted by Gasteiger charge is -2.29. The quantitative estimate of drug-likeness (QED) is 0.726. The molecule has 0 aliphatic carbocycles. The molecule has 0 unspecified atom stereocenters. The Hall–Kier alpha value is -2.58. The number of hydrogen-bond donors (Lipinski definition) is 1. The number of hydrogen-bond acceptors (Lipinski definition) is 4. The summed E-state index contributed by atoms with van der Waals surface area (Å²) in [6.45, 7) is 1.92. The lowest BCUT2D eigenvalue weighted by atomic mass is 10.1. The zero-order valence-corrected chi connectivity index (χ0v) is 16.1. The third kappa shape index (κ3) is 2.85. The Morgan fingerprint density at radius 3 is 2.78 bits per heavy atom. The van der Waals surface area contributed by atoms with Gasteiger partial charge in [-0.05, 0) is 43.5 Å². The fourth-order valence-corrected chi connectivity index (χ4v) is 5.29. The van der Waals surface area contributed by atoms with Crippen molar-refractivity contribution in [2.45, 2.75) is 24.7 Å². The molecule has 4 rings (SSSR count). The summed E-state index contributed by atoms with van der Waals surface area (Å²) in [5, 5.41) is 4.69. The summed E-state index contributed by atoms with van der Waals surface area (Å²) in [6, 6.07) is 8.82. The SMILES string of the molecule is Cc1c(S(=O)(=O)N2CCCc3cc[nH]c(=O)c32)cnn1-c1ccccc1Cl. The van der Waals surface area contributed by atoms with Crippen molar-refractivity contribution in [3.05, 3.63) is 69.4 Å². The minimum absolute atomic E-state index is 0.0542. The minimum Gasteiger partial charge on any atom is -0.327 e. The summed E-state index contributed by atoms with van der Waals surface area (Å²) in [4.78, 5) is 14.9. The number of aromatic amines is 1. The summed E-state index contributed by atoms with van der Waals surface area (Å²) in [5.41, 5.74) is 1.53. The number of pyridine rings is 1. The fraction of sp³-hybridized carbons (Fsp3) is 0.222. The van der Waals surface area contributed by atoms with Gasteiger partial charge in [0.2, 0.25) is 0 Å². The fourth-order valence-electron chi connectivity index (χ4n) is 3.38. The highest BCUT2D eigenvalue weighted by atomic mass is 35.5. The average Bonchev–Trinajstić information content (AvgIpc) is 3.04. The molecule has 1 N–H and O–H groups in total. The smallest absolute Gasteiger partial charge is 0.272 e. The number of rotatable bonds is 3. The molecule has 140 valence electrons. The second-order valence-electron chi connectivity index (χ2n) is 6.32. The van der Waals surface area contributed by atoms with Gasteiger partial charge in [0.25, 0.3) is 15.6 Å². The summed E-state index contributed by atoms with van der Waals surface area (Å²) in [7, 11) is -3.94. The number of nitrogens with zero attached hydrogens (tertiary/aromatic N) is 3. The first kappa shape index (κ1) is 17.8. The van der Waals surface area contributed by atoms with Crippen LogP contribution in [0.2, 0.25) is 5.02 Å². The standard InChI is InChI=1S/C18H17ClN4O3S/c1-12-16(11-21-23(12)15-7-3-2-6-14(15)19)27(25,26)22-10-4-5-13-8-9-20-18(24)17(13)22/h2-3,6-9,11H,4-5,10H2,1H3,(H,20,24). The molecule has 0 bridgehead atoms. The molecule has 9 heteroatoms. The number of benzene rings is 1. The van der Waals surface area contributed by atoms with Crippen molar-refractivity contribution in [2.75, 3.05) is 10.8 Å². The van der Waals surface area contributed by atoms with Crippen LogP contribution in [0.4, 0.5) is 5.69 Å². The summed E-state index contributed by atoms with van der Waals surface area (Å²) in [5.74, 6) is 0. The van der Waals surface area contributed by atoms with Crippen LogP contribution < -0.4 is 9.86 Å². The van der Waals surface area contributed by atoms with Crippen molar-refractivity contribution in [1.82, 2.24) is 14.8 Å².